The number of hydrogen-bond donors (Lipinski definition) is 2. The highest BCUT2D eigenvalue weighted by molar-refractivity contribution is 5.81. The van der Waals surface area contributed by atoms with Gasteiger partial charge >= 0.3 is 0 Å². The van der Waals surface area contributed by atoms with Crippen molar-refractivity contribution >= 4 is 5.91 Å². The maximum Gasteiger partial charge on any atom is 0.237 e. The van der Waals surface area contributed by atoms with Crippen molar-refractivity contribution in [2.75, 3.05) is 13.7 Å². The molecular formula is C15H24N2O2. The molecule has 19 heavy (non-hydrogen) atoms. The predicted molar refractivity (Wildman–Crippen MR) is 76.7 cm³/mol. The minimum Gasteiger partial charge on any atom is -0.385 e. The van der Waals surface area contributed by atoms with E-state index in [1.54, 1.807) is 7.11 Å². The summed E-state index contributed by atoms with van der Waals surface area (Å²) in [7, 11) is 1.61. The number of carbonyl (C=O) groups is 1. The highest BCUT2D eigenvalue weighted by atomic mass is 16.5. The lowest BCUT2D eigenvalue weighted by atomic mass is 10.0. The van der Waals surface area contributed by atoms with E-state index in [1.807, 2.05) is 30.3 Å². The number of ether oxygens (including phenoxy) is 1. The third kappa shape index (κ3) is 5.41. The molecule has 0 spiro atoms. The Morgan fingerprint density at radius 1 is 1.32 bits per heavy atom. The van der Waals surface area contributed by atoms with E-state index >= 15 is 0 Å². The van der Waals surface area contributed by atoms with Gasteiger partial charge in [0.25, 0.3) is 0 Å². The number of amides is 1. The fourth-order valence-electron chi connectivity index (χ4n) is 1.95. The van der Waals surface area contributed by atoms with Gasteiger partial charge in [-0.05, 0) is 18.4 Å². The molecule has 106 valence electrons. The lowest BCUT2D eigenvalue weighted by molar-refractivity contribution is -0.123. The summed E-state index contributed by atoms with van der Waals surface area (Å²) in [5, 5.41) is 3.02. The van der Waals surface area contributed by atoms with E-state index in [-0.39, 0.29) is 11.9 Å². The number of rotatable bonds is 8. The lowest BCUT2D eigenvalue weighted by Gasteiger charge is -2.21. The summed E-state index contributed by atoms with van der Waals surface area (Å²) >= 11 is 0. The molecule has 0 aliphatic rings. The molecule has 0 bridgehead atoms. The van der Waals surface area contributed by atoms with Gasteiger partial charge < -0.3 is 15.8 Å². The molecule has 2 unspecified atom stereocenters. The SMILES string of the molecule is CCCC(NC(=O)C(N)CCOC)c1ccccc1. The summed E-state index contributed by atoms with van der Waals surface area (Å²) in [4.78, 5) is 12.0. The fraction of sp³-hybridized carbons (Fsp3) is 0.533. The van der Waals surface area contributed by atoms with E-state index in [9.17, 15) is 4.79 Å². The van der Waals surface area contributed by atoms with Crippen LogP contribution in [-0.4, -0.2) is 25.7 Å². The fourth-order valence-corrected chi connectivity index (χ4v) is 1.95. The lowest BCUT2D eigenvalue weighted by Crippen LogP contribution is -2.42. The van der Waals surface area contributed by atoms with Crippen LogP contribution in [0.25, 0.3) is 0 Å². The molecule has 0 heterocycles. The minimum atomic E-state index is -0.511. The monoisotopic (exact) mass is 264 g/mol. The Balaban J connectivity index is 2.61. The second kappa shape index (κ2) is 8.67. The zero-order valence-electron chi connectivity index (χ0n) is 11.8. The molecule has 0 saturated heterocycles. The third-order valence-corrected chi connectivity index (χ3v) is 3.07. The highest BCUT2D eigenvalue weighted by Gasteiger charge is 2.18. The van der Waals surface area contributed by atoms with Gasteiger partial charge in [-0.25, -0.2) is 0 Å². The van der Waals surface area contributed by atoms with E-state index in [2.05, 4.69) is 12.2 Å². The number of hydrogen-bond acceptors (Lipinski definition) is 3. The number of carbonyl (C=O) groups excluding carboxylic acids is 1. The normalized spacial score (nSPS) is 13.8. The van der Waals surface area contributed by atoms with Crippen molar-refractivity contribution in [1.82, 2.24) is 5.32 Å². The third-order valence-electron chi connectivity index (χ3n) is 3.07. The Bertz CT molecular complexity index is 368. The molecule has 0 saturated carbocycles. The van der Waals surface area contributed by atoms with Gasteiger partial charge in [0.15, 0.2) is 0 Å². The first-order chi connectivity index (χ1) is 9.19. The van der Waals surface area contributed by atoms with Crippen LogP contribution >= 0.6 is 0 Å². The van der Waals surface area contributed by atoms with Crippen molar-refractivity contribution < 1.29 is 9.53 Å². The standard InChI is InChI=1S/C15H24N2O2/c1-3-7-14(12-8-5-4-6-9-12)17-15(18)13(16)10-11-19-2/h4-6,8-9,13-14H,3,7,10-11,16H2,1-2H3,(H,17,18). The summed E-state index contributed by atoms with van der Waals surface area (Å²) in [5.41, 5.74) is 6.96. The molecule has 2 atom stereocenters. The topological polar surface area (TPSA) is 64.4 Å². The number of nitrogens with one attached hydrogen (secondary N) is 1. The van der Waals surface area contributed by atoms with E-state index in [0.29, 0.717) is 13.0 Å². The van der Waals surface area contributed by atoms with Gasteiger partial charge in [-0.3, -0.25) is 4.79 Å². The molecule has 0 aromatic heterocycles. The van der Waals surface area contributed by atoms with Crippen molar-refractivity contribution in [3.63, 3.8) is 0 Å². The summed E-state index contributed by atoms with van der Waals surface area (Å²) in [5.74, 6) is -0.112. The van der Waals surface area contributed by atoms with Crippen LogP contribution in [0.5, 0.6) is 0 Å². The van der Waals surface area contributed by atoms with Gasteiger partial charge in [0.05, 0.1) is 12.1 Å². The zero-order chi connectivity index (χ0) is 14.1. The second-order valence-electron chi connectivity index (χ2n) is 4.65. The molecule has 1 amide bonds. The Morgan fingerprint density at radius 2 is 2.00 bits per heavy atom. The average Bonchev–Trinajstić information content (AvgIpc) is 2.45. The molecule has 1 rings (SSSR count). The molecule has 0 aliphatic heterocycles. The Hall–Kier alpha value is -1.39. The summed E-state index contributed by atoms with van der Waals surface area (Å²) < 4.78 is 4.94. The zero-order valence-corrected chi connectivity index (χ0v) is 11.8. The average molecular weight is 264 g/mol. The van der Waals surface area contributed by atoms with Crippen molar-refractivity contribution in [1.29, 1.82) is 0 Å². The van der Waals surface area contributed by atoms with Gasteiger partial charge in [-0.15, -0.1) is 0 Å². The number of nitrogens with two attached hydrogens (primary N) is 1. The molecule has 0 aliphatic carbocycles. The van der Waals surface area contributed by atoms with Crippen molar-refractivity contribution in [2.45, 2.75) is 38.3 Å². The van der Waals surface area contributed by atoms with Crippen LogP contribution in [-0.2, 0) is 9.53 Å². The van der Waals surface area contributed by atoms with E-state index in [1.165, 1.54) is 0 Å². The number of methoxy groups -OCH3 is 1. The predicted octanol–water partition coefficient (Wildman–Crippen LogP) is 2.01. The van der Waals surface area contributed by atoms with Crippen LogP contribution in [0.3, 0.4) is 0 Å². The van der Waals surface area contributed by atoms with Gasteiger partial charge in [0.2, 0.25) is 5.91 Å². The van der Waals surface area contributed by atoms with Gasteiger partial charge in [0, 0.05) is 13.7 Å². The van der Waals surface area contributed by atoms with E-state index in [0.717, 1.165) is 18.4 Å². The molecule has 4 nitrogen and oxygen atoms in total. The first-order valence-electron chi connectivity index (χ1n) is 6.78. The number of benzene rings is 1. The van der Waals surface area contributed by atoms with E-state index in [4.69, 9.17) is 10.5 Å². The maximum absolute atomic E-state index is 12.0. The molecule has 1 aromatic rings. The molecule has 0 fully saturated rings. The largest absolute Gasteiger partial charge is 0.385 e. The Labute approximate surface area is 115 Å². The second-order valence-corrected chi connectivity index (χ2v) is 4.65. The van der Waals surface area contributed by atoms with Crippen molar-refractivity contribution in [3.8, 4) is 0 Å². The van der Waals surface area contributed by atoms with Crippen LogP contribution in [0, 0.1) is 0 Å². The van der Waals surface area contributed by atoms with Crippen molar-refractivity contribution in [2.24, 2.45) is 5.73 Å². The van der Waals surface area contributed by atoms with Gasteiger partial charge in [-0.2, -0.15) is 0 Å². The molecule has 1 aromatic carbocycles. The van der Waals surface area contributed by atoms with Gasteiger partial charge in [-0.1, -0.05) is 43.7 Å². The first kappa shape index (κ1) is 15.7. The molecule has 4 heteroatoms. The van der Waals surface area contributed by atoms with Crippen LogP contribution < -0.4 is 11.1 Å². The van der Waals surface area contributed by atoms with Crippen LogP contribution in [0.4, 0.5) is 0 Å². The quantitative estimate of drug-likeness (QED) is 0.755. The molecule has 0 radical (unpaired) electrons. The maximum atomic E-state index is 12.0. The summed E-state index contributed by atoms with van der Waals surface area (Å²) in [6, 6.07) is 9.51. The summed E-state index contributed by atoms with van der Waals surface area (Å²) in [6.07, 6.45) is 2.45. The summed E-state index contributed by atoms with van der Waals surface area (Å²) in [6.45, 7) is 2.60. The Kier molecular flexibility index (Phi) is 7.15. The van der Waals surface area contributed by atoms with Crippen LogP contribution in [0.2, 0.25) is 0 Å². The van der Waals surface area contributed by atoms with Crippen LogP contribution in [0.15, 0.2) is 30.3 Å². The molecular weight excluding hydrogens is 240 g/mol. The highest BCUT2D eigenvalue weighted by Crippen LogP contribution is 2.18. The van der Waals surface area contributed by atoms with Gasteiger partial charge in [0.1, 0.15) is 0 Å². The molecule has 3 N–H and O–H groups in total. The first-order valence-corrected chi connectivity index (χ1v) is 6.78. The Morgan fingerprint density at radius 3 is 2.58 bits per heavy atom. The smallest absolute Gasteiger partial charge is 0.237 e. The van der Waals surface area contributed by atoms with E-state index < -0.39 is 6.04 Å². The van der Waals surface area contributed by atoms with Crippen molar-refractivity contribution in [3.05, 3.63) is 35.9 Å². The minimum absolute atomic E-state index is 0.0345. The van der Waals surface area contributed by atoms with Crippen LogP contribution in [0.1, 0.15) is 37.8 Å².